The molecule has 1 heterocycles. The largest absolute Gasteiger partial charge is 0.456 e. The fraction of sp³-hybridized carbons (Fsp3) is 0.261. The van der Waals surface area contributed by atoms with E-state index in [0.29, 0.717) is 16.4 Å². The number of rotatable bonds is 6. The van der Waals surface area contributed by atoms with E-state index >= 15 is 0 Å². The van der Waals surface area contributed by atoms with Crippen molar-refractivity contribution >= 4 is 34.0 Å². The number of hydrogen-bond donors (Lipinski definition) is 0. The van der Waals surface area contributed by atoms with Gasteiger partial charge in [0, 0.05) is 12.3 Å². The number of hydrogen-bond acceptors (Lipinski definition) is 5. The van der Waals surface area contributed by atoms with Crippen LogP contribution in [0.3, 0.4) is 0 Å². The summed E-state index contributed by atoms with van der Waals surface area (Å²) in [6.45, 7) is 7.45. The average molecular weight is 409 g/mol. The molecule has 0 atom stereocenters. The number of carbonyl (C=O) groups excluding carboxylic acids is 2. The van der Waals surface area contributed by atoms with Crippen molar-refractivity contribution in [1.82, 2.24) is 4.98 Å². The Morgan fingerprint density at radius 3 is 2.62 bits per heavy atom. The minimum absolute atomic E-state index is 0.0594. The van der Waals surface area contributed by atoms with Crippen LogP contribution in [-0.4, -0.2) is 16.9 Å². The van der Waals surface area contributed by atoms with Gasteiger partial charge in [0.1, 0.15) is 6.61 Å². The molecule has 0 aliphatic heterocycles. The van der Waals surface area contributed by atoms with Gasteiger partial charge in [-0.3, -0.25) is 9.69 Å². The molecule has 29 heavy (non-hydrogen) atoms. The molecule has 150 valence electrons. The summed E-state index contributed by atoms with van der Waals surface area (Å²) in [7, 11) is 0. The molecule has 3 rings (SSSR count). The Morgan fingerprint density at radius 1 is 1.14 bits per heavy atom. The lowest BCUT2D eigenvalue weighted by Gasteiger charge is -2.20. The molecule has 5 nitrogen and oxygen atoms in total. The van der Waals surface area contributed by atoms with Gasteiger partial charge in [-0.05, 0) is 43.5 Å². The summed E-state index contributed by atoms with van der Waals surface area (Å²) in [5, 5.41) is 2.38. The molecule has 0 saturated carbocycles. The third-order valence-corrected chi connectivity index (χ3v) is 5.50. The van der Waals surface area contributed by atoms with Crippen molar-refractivity contribution in [3.05, 3.63) is 75.8 Å². The second-order valence-corrected chi connectivity index (χ2v) is 7.69. The monoisotopic (exact) mass is 408 g/mol. The molecule has 2 aromatic carbocycles. The van der Waals surface area contributed by atoms with E-state index in [1.165, 1.54) is 18.3 Å². The topological polar surface area (TPSA) is 59.5 Å². The van der Waals surface area contributed by atoms with E-state index in [1.54, 1.807) is 4.90 Å². The van der Waals surface area contributed by atoms with Crippen molar-refractivity contribution in [3.8, 4) is 0 Å². The van der Waals surface area contributed by atoms with Crippen LogP contribution in [0.1, 0.15) is 46.6 Å². The summed E-state index contributed by atoms with van der Waals surface area (Å²) in [4.78, 5) is 30.9. The number of esters is 1. The standard InChI is InChI=1S/C23H24N2O3S/c1-5-18-8-6-7-9-21(18)25(17(4)26)23-24-19(14-29-23)13-28-22(27)20-12-15(2)10-11-16(20)3/h6-12,14H,5,13H2,1-4H3. The Balaban J connectivity index is 1.78. The summed E-state index contributed by atoms with van der Waals surface area (Å²) < 4.78 is 5.46. The maximum atomic E-state index is 12.4. The molecule has 0 radical (unpaired) electrons. The van der Waals surface area contributed by atoms with Crippen molar-refractivity contribution in [2.45, 2.75) is 40.7 Å². The van der Waals surface area contributed by atoms with Crippen LogP contribution in [0.2, 0.25) is 0 Å². The van der Waals surface area contributed by atoms with Crippen LogP contribution in [0, 0.1) is 13.8 Å². The maximum Gasteiger partial charge on any atom is 0.338 e. The lowest BCUT2D eigenvalue weighted by atomic mass is 10.1. The summed E-state index contributed by atoms with van der Waals surface area (Å²) in [6.07, 6.45) is 0.811. The van der Waals surface area contributed by atoms with Crippen molar-refractivity contribution < 1.29 is 14.3 Å². The Labute approximate surface area is 175 Å². The van der Waals surface area contributed by atoms with Gasteiger partial charge in [-0.15, -0.1) is 11.3 Å². The van der Waals surface area contributed by atoms with E-state index < -0.39 is 0 Å². The van der Waals surface area contributed by atoms with Crippen LogP contribution < -0.4 is 4.90 Å². The first-order chi connectivity index (χ1) is 13.9. The molecule has 0 aliphatic carbocycles. The number of nitrogens with zero attached hydrogens (tertiary/aromatic N) is 2. The summed E-state index contributed by atoms with van der Waals surface area (Å²) in [5.74, 6) is -0.486. The number of carbonyl (C=O) groups is 2. The second-order valence-electron chi connectivity index (χ2n) is 6.85. The Morgan fingerprint density at radius 2 is 1.90 bits per heavy atom. The minimum Gasteiger partial charge on any atom is -0.456 e. The summed E-state index contributed by atoms with van der Waals surface area (Å²) >= 11 is 1.36. The van der Waals surface area contributed by atoms with Gasteiger partial charge in [-0.1, -0.05) is 42.8 Å². The quantitative estimate of drug-likeness (QED) is 0.515. The number of amides is 1. The predicted octanol–water partition coefficient (Wildman–Crippen LogP) is 5.36. The van der Waals surface area contributed by atoms with Gasteiger partial charge in [0.05, 0.1) is 16.9 Å². The SMILES string of the molecule is CCc1ccccc1N(C(C)=O)c1nc(COC(=O)c2cc(C)ccc2C)cs1. The highest BCUT2D eigenvalue weighted by Gasteiger charge is 2.20. The highest BCUT2D eigenvalue weighted by atomic mass is 32.1. The van der Waals surface area contributed by atoms with Gasteiger partial charge < -0.3 is 4.74 Å². The number of ether oxygens (including phenoxy) is 1. The van der Waals surface area contributed by atoms with E-state index in [9.17, 15) is 9.59 Å². The number of para-hydroxylation sites is 1. The zero-order valence-electron chi connectivity index (χ0n) is 17.1. The zero-order valence-corrected chi connectivity index (χ0v) is 17.9. The fourth-order valence-electron chi connectivity index (χ4n) is 3.07. The minimum atomic E-state index is -0.375. The van der Waals surface area contributed by atoms with E-state index in [1.807, 2.05) is 61.7 Å². The van der Waals surface area contributed by atoms with Crippen molar-refractivity contribution in [2.75, 3.05) is 4.90 Å². The third-order valence-electron chi connectivity index (χ3n) is 4.62. The molecule has 6 heteroatoms. The number of anilines is 2. The molecule has 0 aliphatic rings. The molecule has 0 fully saturated rings. The van der Waals surface area contributed by atoms with Crippen molar-refractivity contribution in [1.29, 1.82) is 0 Å². The molecule has 3 aromatic rings. The van der Waals surface area contributed by atoms with Crippen LogP contribution in [0.25, 0.3) is 0 Å². The molecule has 0 N–H and O–H groups in total. The number of benzene rings is 2. The van der Waals surface area contributed by atoms with Crippen LogP contribution in [0.15, 0.2) is 47.8 Å². The van der Waals surface area contributed by atoms with Crippen LogP contribution >= 0.6 is 11.3 Å². The molecule has 1 amide bonds. The van der Waals surface area contributed by atoms with Gasteiger partial charge in [-0.25, -0.2) is 9.78 Å². The van der Waals surface area contributed by atoms with E-state index in [-0.39, 0.29) is 18.5 Å². The lowest BCUT2D eigenvalue weighted by Crippen LogP contribution is -2.23. The molecule has 0 bridgehead atoms. The third kappa shape index (κ3) is 4.71. The predicted molar refractivity (Wildman–Crippen MR) is 116 cm³/mol. The summed E-state index contributed by atoms with van der Waals surface area (Å²) in [6, 6.07) is 13.5. The normalized spacial score (nSPS) is 10.6. The van der Waals surface area contributed by atoms with Gasteiger partial charge in [0.25, 0.3) is 0 Å². The first-order valence-electron chi connectivity index (χ1n) is 9.48. The number of aromatic nitrogens is 1. The first-order valence-corrected chi connectivity index (χ1v) is 10.4. The van der Waals surface area contributed by atoms with Gasteiger partial charge in [0.2, 0.25) is 5.91 Å². The highest BCUT2D eigenvalue weighted by molar-refractivity contribution is 7.14. The number of thiazole rings is 1. The van der Waals surface area contributed by atoms with Gasteiger partial charge in [0.15, 0.2) is 5.13 Å². The smallest absolute Gasteiger partial charge is 0.338 e. The van der Waals surface area contributed by atoms with Crippen molar-refractivity contribution in [3.63, 3.8) is 0 Å². The Kier molecular flexibility index (Phi) is 6.44. The molecule has 0 spiro atoms. The molecule has 0 unspecified atom stereocenters. The fourth-order valence-corrected chi connectivity index (χ4v) is 3.94. The second kappa shape index (κ2) is 9.01. The van der Waals surface area contributed by atoms with E-state index in [2.05, 4.69) is 11.9 Å². The van der Waals surface area contributed by atoms with Crippen LogP contribution in [0.4, 0.5) is 10.8 Å². The van der Waals surface area contributed by atoms with Crippen LogP contribution in [-0.2, 0) is 22.6 Å². The van der Waals surface area contributed by atoms with Crippen molar-refractivity contribution in [2.24, 2.45) is 0 Å². The number of aryl methyl sites for hydroxylation is 3. The van der Waals surface area contributed by atoms with Gasteiger partial charge >= 0.3 is 5.97 Å². The maximum absolute atomic E-state index is 12.4. The Bertz CT molecular complexity index is 1040. The molecule has 0 saturated heterocycles. The molecule has 1 aromatic heterocycles. The van der Waals surface area contributed by atoms with E-state index in [0.717, 1.165) is 28.8 Å². The Hall–Kier alpha value is -2.99. The average Bonchev–Trinajstić information content (AvgIpc) is 3.16. The summed E-state index contributed by atoms with van der Waals surface area (Å²) in [5.41, 5.74) is 4.95. The lowest BCUT2D eigenvalue weighted by molar-refractivity contribution is -0.115. The van der Waals surface area contributed by atoms with Gasteiger partial charge in [-0.2, -0.15) is 0 Å². The first kappa shape index (κ1) is 20.7. The van der Waals surface area contributed by atoms with Crippen LogP contribution in [0.5, 0.6) is 0 Å². The molecular weight excluding hydrogens is 384 g/mol. The van der Waals surface area contributed by atoms with E-state index in [4.69, 9.17) is 4.74 Å². The molecular formula is C23H24N2O3S. The zero-order chi connectivity index (χ0) is 21.0. The highest BCUT2D eigenvalue weighted by Crippen LogP contribution is 2.32.